The average Bonchev–Trinajstić information content (AvgIpc) is 3.03. The summed E-state index contributed by atoms with van der Waals surface area (Å²) >= 11 is 0. The van der Waals surface area contributed by atoms with Crippen molar-refractivity contribution in [2.24, 2.45) is 0 Å². The molecule has 0 spiro atoms. The Morgan fingerprint density at radius 3 is 2.18 bits per heavy atom. The topological polar surface area (TPSA) is 84.0 Å². The molecule has 156 valence electrons. The molecule has 0 aromatic heterocycles. The molecule has 1 aliphatic heterocycles. The summed E-state index contributed by atoms with van der Waals surface area (Å²) < 4.78 is 28.8. The largest absolute Gasteiger partial charge is 0.449 e. The smallest absolute Gasteiger partial charge is 0.338 e. The molecule has 1 aromatic carbocycles. The number of benzene rings is 1. The predicted molar refractivity (Wildman–Crippen MR) is 109 cm³/mol. The van der Waals surface area contributed by atoms with Gasteiger partial charge in [-0.05, 0) is 58.4 Å². The first-order valence-electron chi connectivity index (χ1n) is 9.79. The Balaban J connectivity index is 2.01. The molecular weight excluding hydrogens is 380 g/mol. The highest BCUT2D eigenvalue weighted by Gasteiger charge is 2.36. The molecule has 7 nitrogen and oxygen atoms in total. The van der Waals surface area contributed by atoms with Crippen molar-refractivity contribution in [2.75, 3.05) is 36.0 Å². The van der Waals surface area contributed by atoms with Crippen LogP contribution < -0.4 is 4.90 Å². The highest BCUT2D eigenvalue weighted by atomic mass is 32.2. The van der Waals surface area contributed by atoms with E-state index in [1.165, 1.54) is 11.8 Å². The van der Waals surface area contributed by atoms with Gasteiger partial charge in [-0.15, -0.1) is 0 Å². The number of ether oxygens (including phenoxy) is 1. The highest BCUT2D eigenvalue weighted by molar-refractivity contribution is 7.91. The molecule has 1 saturated heterocycles. The number of carbonyl (C=O) groups is 2. The minimum Gasteiger partial charge on any atom is -0.449 e. The highest BCUT2D eigenvalue weighted by Crippen LogP contribution is 2.20. The molecule has 1 amide bonds. The minimum absolute atomic E-state index is 0.0277. The SMILES string of the molecule is CCN(CC)c1ccc(C(=O)O[C@@H](C)C(=O)N(CC)[C@H]2CCS(=O)(=O)C2)cc1. The maximum Gasteiger partial charge on any atom is 0.338 e. The van der Waals surface area contributed by atoms with Gasteiger partial charge in [0.15, 0.2) is 15.9 Å². The number of carbonyl (C=O) groups excluding carboxylic acids is 2. The van der Waals surface area contributed by atoms with Crippen LogP contribution in [0.2, 0.25) is 0 Å². The van der Waals surface area contributed by atoms with Gasteiger partial charge in [-0.2, -0.15) is 0 Å². The Morgan fingerprint density at radius 2 is 1.71 bits per heavy atom. The Bertz CT molecular complexity index is 787. The summed E-state index contributed by atoms with van der Waals surface area (Å²) in [5.74, 6) is -0.867. The second kappa shape index (κ2) is 9.41. The molecule has 0 radical (unpaired) electrons. The van der Waals surface area contributed by atoms with Crippen LogP contribution in [0.3, 0.4) is 0 Å². The Labute approximate surface area is 167 Å². The molecule has 28 heavy (non-hydrogen) atoms. The number of anilines is 1. The van der Waals surface area contributed by atoms with Gasteiger partial charge in [0.2, 0.25) is 0 Å². The summed E-state index contributed by atoms with van der Waals surface area (Å²) in [6.07, 6.45) is -0.548. The fourth-order valence-electron chi connectivity index (χ4n) is 3.52. The van der Waals surface area contributed by atoms with Gasteiger partial charge in [-0.3, -0.25) is 4.79 Å². The zero-order valence-corrected chi connectivity index (χ0v) is 17.9. The first-order chi connectivity index (χ1) is 13.2. The van der Waals surface area contributed by atoms with Crippen LogP contribution in [0.4, 0.5) is 5.69 Å². The number of likely N-dealkylation sites (N-methyl/N-ethyl adjacent to an activating group) is 1. The first kappa shape index (κ1) is 22.2. The van der Waals surface area contributed by atoms with E-state index in [2.05, 4.69) is 18.7 Å². The van der Waals surface area contributed by atoms with Crippen LogP contribution in [0, 0.1) is 0 Å². The number of hydrogen-bond acceptors (Lipinski definition) is 6. The third kappa shape index (κ3) is 5.25. The van der Waals surface area contributed by atoms with Crippen molar-refractivity contribution in [3.8, 4) is 0 Å². The fourth-order valence-corrected chi connectivity index (χ4v) is 5.26. The van der Waals surface area contributed by atoms with Crippen LogP contribution >= 0.6 is 0 Å². The van der Waals surface area contributed by atoms with Crippen molar-refractivity contribution in [3.05, 3.63) is 29.8 Å². The first-order valence-corrected chi connectivity index (χ1v) is 11.6. The lowest BCUT2D eigenvalue weighted by Crippen LogP contribution is -2.46. The molecule has 0 aliphatic carbocycles. The monoisotopic (exact) mass is 410 g/mol. The second-order valence-corrected chi connectivity index (χ2v) is 9.18. The fraction of sp³-hybridized carbons (Fsp3) is 0.600. The van der Waals surface area contributed by atoms with Crippen LogP contribution in [-0.4, -0.2) is 68.5 Å². The van der Waals surface area contributed by atoms with Gasteiger partial charge in [0.25, 0.3) is 5.91 Å². The molecule has 0 unspecified atom stereocenters. The maximum atomic E-state index is 12.7. The number of rotatable bonds is 8. The van der Waals surface area contributed by atoms with Crippen molar-refractivity contribution in [2.45, 2.75) is 46.3 Å². The van der Waals surface area contributed by atoms with E-state index in [1.54, 1.807) is 19.1 Å². The molecule has 1 heterocycles. The van der Waals surface area contributed by atoms with E-state index in [0.29, 0.717) is 18.5 Å². The third-order valence-electron chi connectivity index (χ3n) is 5.14. The lowest BCUT2D eigenvalue weighted by molar-refractivity contribution is -0.141. The number of sulfone groups is 1. The van der Waals surface area contributed by atoms with E-state index >= 15 is 0 Å². The molecule has 1 aliphatic rings. The molecule has 8 heteroatoms. The molecule has 2 atom stereocenters. The van der Waals surface area contributed by atoms with Gasteiger partial charge in [-0.1, -0.05) is 0 Å². The third-order valence-corrected chi connectivity index (χ3v) is 6.89. The molecular formula is C20H30N2O5S. The van der Waals surface area contributed by atoms with E-state index in [4.69, 9.17) is 4.74 Å². The summed E-state index contributed by atoms with van der Waals surface area (Å²) in [6.45, 7) is 9.56. The van der Waals surface area contributed by atoms with E-state index in [1.807, 2.05) is 12.1 Å². The van der Waals surface area contributed by atoms with Gasteiger partial charge >= 0.3 is 5.97 Å². The lowest BCUT2D eigenvalue weighted by atomic mass is 10.2. The molecule has 0 saturated carbocycles. The molecule has 0 bridgehead atoms. The zero-order valence-electron chi connectivity index (χ0n) is 17.1. The Kier molecular flexibility index (Phi) is 7.46. The summed E-state index contributed by atoms with van der Waals surface area (Å²) in [5, 5.41) is 0. The molecule has 0 N–H and O–H groups in total. The van der Waals surface area contributed by atoms with E-state index in [0.717, 1.165) is 18.8 Å². The van der Waals surface area contributed by atoms with Crippen LogP contribution in [0.15, 0.2) is 24.3 Å². The van der Waals surface area contributed by atoms with Crippen LogP contribution in [-0.2, 0) is 19.4 Å². The van der Waals surface area contributed by atoms with Gasteiger partial charge in [0, 0.05) is 31.4 Å². The van der Waals surface area contributed by atoms with Gasteiger partial charge in [0.05, 0.1) is 17.1 Å². The number of amides is 1. The molecule has 1 aromatic rings. The summed E-state index contributed by atoms with van der Waals surface area (Å²) in [5.41, 5.74) is 1.40. The van der Waals surface area contributed by atoms with Crippen LogP contribution in [0.25, 0.3) is 0 Å². The predicted octanol–water partition coefficient (Wildman–Crippen LogP) is 2.11. The van der Waals surface area contributed by atoms with Crippen LogP contribution in [0.1, 0.15) is 44.5 Å². The zero-order chi connectivity index (χ0) is 20.9. The number of esters is 1. The number of hydrogen-bond donors (Lipinski definition) is 0. The van der Waals surface area contributed by atoms with E-state index < -0.39 is 21.9 Å². The van der Waals surface area contributed by atoms with Crippen molar-refractivity contribution in [3.63, 3.8) is 0 Å². The summed E-state index contributed by atoms with van der Waals surface area (Å²) in [4.78, 5) is 28.8. The Morgan fingerprint density at radius 1 is 1.11 bits per heavy atom. The standard InChI is InChI=1S/C20H30N2O5S/c1-5-21(6-2)17-10-8-16(9-11-17)20(24)27-15(4)19(23)22(7-3)18-12-13-28(25,26)14-18/h8-11,15,18H,5-7,12-14H2,1-4H3/t15-,18-/m0/s1. The van der Waals surface area contributed by atoms with E-state index in [-0.39, 0.29) is 23.5 Å². The van der Waals surface area contributed by atoms with Crippen LogP contribution in [0.5, 0.6) is 0 Å². The van der Waals surface area contributed by atoms with Crippen molar-refractivity contribution in [1.82, 2.24) is 4.90 Å². The average molecular weight is 411 g/mol. The quantitative estimate of drug-likeness (QED) is 0.611. The molecule has 1 fully saturated rings. The summed E-state index contributed by atoms with van der Waals surface area (Å²) in [6, 6.07) is 6.75. The lowest BCUT2D eigenvalue weighted by Gasteiger charge is -2.29. The number of nitrogens with zero attached hydrogens (tertiary/aromatic N) is 2. The van der Waals surface area contributed by atoms with Gasteiger partial charge < -0.3 is 14.5 Å². The van der Waals surface area contributed by atoms with E-state index in [9.17, 15) is 18.0 Å². The van der Waals surface area contributed by atoms with Gasteiger partial charge in [-0.25, -0.2) is 13.2 Å². The van der Waals surface area contributed by atoms with Crippen molar-refractivity contribution >= 4 is 27.4 Å². The second-order valence-electron chi connectivity index (χ2n) is 6.95. The molecule has 2 rings (SSSR count). The minimum atomic E-state index is -3.10. The van der Waals surface area contributed by atoms with Crippen molar-refractivity contribution in [1.29, 1.82) is 0 Å². The summed E-state index contributed by atoms with van der Waals surface area (Å²) in [7, 11) is -3.10. The van der Waals surface area contributed by atoms with Crippen molar-refractivity contribution < 1.29 is 22.7 Å². The normalized spacial score (nSPS) is 19.1. The Hall–Kier alpha value is -2.09. The maximum absolute atomic E-state index is 12.7. The van der Waals surface area contributed by atoms with Gasteiger partial charge in [0.1, 0.15) is 0 Å².